The first-order chi connectivity index (χ1) is 17.7. The molecular formula is C28H25BrN2O5S. The van der Waals surface area contributed by atoms with Crippen molar-refractivity contribution in [1.82, 2.24) is 4.90 Å². The molecule has 0 unspecified atom stereocenters. The van der Waals surface area contributed by atoms with Crippen molar-refractivity contribution in [2.75, 3.05) is 19.0 Å². The van der Waals surface area contributed by atoms with Crippen LogP contribution in [0.15, 0.2) is 70.0 Å². The second-order valence-electron chi connectivity index (χ2n) is 8.46. The van der Waals surface area contributed by atoms with Gasteiger partial charge in [-0.3, -0.25) is 19.3 Å². The first-order valence-corrected chi connectivity index (χ1v) is 13.0. The number of amides is 3. The van der Waals surface area contributed by atoms with Crippen molar-refractivity contribution >= 4 is 56.5 Å². The number of methoxy groups -OCH3 is 1. The van der Waals surface area contributed by atoms with Crippen molar-refractivity contribution < 1.29 is 23.9 Å². The molecular weight excluding hydrogens is 556 g/mol. The van der Waals surface area contributed by atoms with E-state index in [0.29, 0.717) is 22.0 Å². The minimum Gasteiger partial charge on any atom is -0.493 e. The van der Waals surface area contributed by atoms with Crippen LogP contribution in [-0.2, 0) is 16.1 Å². The van der Waals surface area contributed by atoms with Crippen LogP contribution in [0.4, 0.5) is 10.5 Å². The first-order valence-electron chi connectivity index (χ1n) is 11.4. The number of anilines is 1. The lowest BCUT2D eigenvalue weighted by Gasteiger charge is -2.13. The van der Waals surface area contributed by atoms with E-state index in [0.717, 1.165) is 38.6 Å². The van der Waals surface area contributed by atoms with Crippen LogP contribution in [0.25, 0.3) is 6.08 Å². The molecule has 1 saturated heterocycles. The minimum atomic E-state index is -0.347. The number of thioether (sulfide) groups is 1. The van der Waals surface area contributed by atoms with Crippen molar-refractivity contribution in [1.29, 1.82) is 0 Å². The van der Waals surface area contributed by atoms with Gasteiger partial charge in [-0.25, -0.2) is 0 Å². The van der Waals surface area contributed by atoms with Crippen LogP contribution in [0.2, 0.25) is 0 Å². The predicted octanol–water partition coefficient (Wildman–Crippen LogP) is 6.33. The van der Waals surface area contributed by atoms with E-state index < -0.39 is 0 Å². The Balaban J connectivity index is 1.41. The average molecular weight is 581 g/mol. The molecule has 9 heteroatoms. The molecule has 3 aromatic rings. The van der Waals surface area contributed by atoms with Gasteiger partial charge in [-0.1, -0.05) is 51.8 Å². The number of rotatable bonds is 8. The number of hydrogen-bond acceptors (Lipinski definition) is 6. The Bertz CT molecular complexity index is 1390. The van der Waals surface area contributed by atoms with E-state index in [9.17, 15) is 14.4 Å². The lowest BCUT2D eigenvalue weighted by Crippen LogP contribution is -2.27. The maximum absolute atomic E-state index is 12.9. The van der Waals surface area contributed by atoms with E-state index in [2.05, 4.69) is 21.2 Å². The third-order valence-corrected chi connectivity index (χ3v) is 7.06. The van der Waals surface area contributed by atoms with Gasteiger partial charge in [0.2, 0.25) is 0 Å². The van der Waals surface area contributed by atoms with Gasteiger partial charge in [-0.05, 0) is 78.7 Å². The molecule has 190 valence electrons. The van der Waals surface area contributed by atoms with E-state index in [1.165, 1.54) is 12.0 Å². The number of benzene rings is 3. The zero-order valence-corrected chi connectivity index (χ0v) is 22.9. The van der Waals surface area contributed by atoms with E-state index >= 15 is 0 Å². The summed E-state index contributed by atoms with van der Waals surface area (Å²) in [7, 11) is 1.49. The highest BCUT2D eigenvalue weighted by atomic mass is 79.9. The summed E-state index contributed by atoms with van der Waals surface area (Å²) in [6, 6.07) is 18.4. The van der Waals surface area contributed by atoms with Gasteiger partial charge in [-0.2, -0.15) is 0 Å². The normalized spacial score (nSPS) is 14.3. The molecule has 37 heavy (non-hydrogen) atoms. The van der Waals surface area contributed by atoms with Crippen LogP contribution in [0.1, 0.15) is 22.3 Å². The van der Waals surface area contributed by atoms with Crippen LogP contribution in [0.3, 0.4) is 0 Å². The van der Waals surface area contributed by atoms with Crippen LogP contribution >= 0.6 is 27.7 Å². The number of aryl methyl sites for hydroxylation is 2. The fourth-order valence-corrected chi connectivity index (χ4v) is 4.84. The molecule has 3 amide bonds. The summed E-state index contributed by atoms with van der Waals surface area (Å²) in [5.41, 5.74) is 4.34. The maximum Gasteiger partial charge on any atom is 0.293 e. The number of carbonyl (C=O) groups excluding carboxylic acids is 3. The first kappa shape index (κ1) is 26.5. The second kappa shape index (κ2) is 11.7. The van der Waals surface area contributed by atoms with Gasteiger partial charge in [0.25, 0.3) is 17.1 Å². The van der Waals surface area contributed by atoms with Crippen LogP contribution in [0, 0.1) is 13.8 Å². The Morgan fingerprint density at radius 2 is 1.78 bits per heavy atom. The zero-order chi connectivity index (χ0) is 26.5. The van der Waals surface area contributed by atoms with Gasteiger partial charge in [0.1, 0.15) is 0 Å². The number of imide groups is 1. The van der Waals surface area contributed by atoms with E-state index in [-0.39, 0.29) is 30.2 Å². The highest BCUT2D eigenvalue weighted by Crippen LogP contribution is 2.35. The maximum atomic E-state index is 12.9. The largest absolute Gasteiger partial charge is 0.493 e. The Kier molecular flexibility index (Phi) is 8.35. The highest BCUT2D eigenvalue weighted by Gasteiger charge is 2.35. The molecule has 0 radical (unpaired) electrons. The Morgan fingerprint density at radius 3 is 2.49 bits per heavy atom. The van der Waals surface area contributed by atoms with Crippen molar-refractivity contribution in [3.05, 3.63) is 92.3 Å². The van der Waals surface area contributed by atoms with E-state index in [1.54, 1.807) is 24.3 Å². The van der Waals surface area contributed by atoms with Crippen LogP contribution < -0.4 is 14.8 Å². The average Bonchev–Trinajstić information content (AvgIpc) is 3.13. The molecule has 7 nitrogen and oxygen atoms in total. The molecule has 1 heterocycles. The lowest BCUT2D eigenvalue weighted by atomic mass is 10.1. The molecule has 3 aromatic carbocycles. The van der Waals surface area contributed by atoms with Gasteiger partial charge in [0.15, 0.2) is 18.1 Å². The Morgan fingerprint density at radius 1 is 1.03 bits per heavy atom. The van der Waals surface area contributed by atoms with Crippen molar-refractivity contribution in [3.63, 3.8) is 0 Å². The van der Waals surface area contributed by atoms with Crippen LogP contribution in [-0.4, -0.2) is 35.7 Å². The van der Waals surface area contributed by atoms with Crippen molar-refractivity contribution in [2.45, 2.75) is 20.4 Å². The molecule has 1 aliphatic heterocycles. The van der Waals surface area contributed by atoms with Gasteiger partial charge in [-0.15, -0.1) is 0 Å². The summed E-state index contributed by atoms with van der Waals surface area (Å²) >= 11 is 4.28. The van der Waals surface area contributed by atoms with Gasteiger partial charge < -0.3 is 14.8 Å². The number of ether oxygens (including phenoxy) is 2. The smallest absolute Gasteiger partial charge is 0.293 e. The molecule has 0 bridgehead atoms. The number of halogens is 1. The predicted molar refractivity (Wildman–Crippen MR) is 149 cm³/mol. The topological polar surface area (TPSA) is 84.9 Å². The number of carbonyl (C=O) groups is 3. The fraction of sp³-hybridized carbons (Fsp3) is 0.179. The summed E-state index contributed by atoms with van der Waals surface area (Å²) in [5, 5.41) is 2.53. The Hall–Kier alpha value is -3.56. The molecule has 0 spiro atoms. The molecule has 4 rings (SSSR count). The minimum absolute atomic E-state index is 0.196. The molecule has 0 aliphatic carbocycles. The zero-order valence-electron chi connectivity index (χ0n) is 20.5. The SMILES string of the molecule is COc1cc(/C=C2\SC(=O)N(Cc3ccc(Br)cc3)C2=O)ccc1OCC(=O)Nc1ccc(C)cc1C. The molecule has 0 aromatic heterocycles. The van der Waals surface area contributed by atoms with E-state index in [1.807, 2.05) is 56.3 Å². The summed E-state index contributed by atoms with van der Waals surface area (Å²) < 4.78 is 12.0. The van der Waals surface area contributed by atoms with E-state index in [4.69, 9.17) is 9.47 Å². The summed E-state index contributed by atoms with van der Waals surface area (Å²) in [5.74, 6) is 0.152. The third-order valence-electron chi connectivity index (χ3n) is 5.63. The van der Waals surface area contributed by atoms with Gasteiger partial charge in [0, 0.05) is 10.2 Å². The van der Waals surface area contributed by atoms with Crippen molar-refractivity contribution in [2.24, 2.45) is 0 Å². The van der Waals surface area contributed by atoms with Gasteiger partial charge >= 0.3 is 0 Å². The number of hydrogen-bond donors (Lipinski definition) is 1. The Labute approximate surface area is 228 Å². The number of nitrogens with zero attached hydrogens (tertiary/aromatic N) is 1. The molecule has 1 aliphatic rings. The molecule has 0 atom stereocenters. The highest BCUT2D eigenvalue weighted by molar-refractivity contribution is 9.10. The lowest BCUT2D eigenvalue weighted by molar-refractivity contribution is -0.123. The second-order valence-corrected chi connectivity index (χ2v) is 10.4. The third kappa shape index (κ3) is 6.61. The quantitative estimate of drug-likeness (QED) is 0.313. The van der Waals surface area contributed by atoms with Gasteiger partial charge in [0.05, 0.1) is 18.6 Å². The fourth-order valence-electron chi connectivity index (χ4n) is 3.74. The monoisotopic (exact) mass is 580 g/mol. The summed E-state index contributed by atoms with van der Waals surface area (Å²) in [6.45, 7) is 3.93. The van der Waals surface area contributed by atoms with Crippen LogP contribution in [0.5, 0.6) is 11.5 Å². The summed E-state index contributed by atoms with van der Waals surface area (Å²) in [4.78, 5) is 39.3. The molecule has 1 fully saturated rings. The number of nitrogens with one attached hydrogen (secondary N) is 1. The molecule has 0 saturated carbocycles. The standard InChI is InChI=1S/C28H25BrN2O5S/c1-17-4-10-22(18(2)12-17)30-26(32)16-36-23-11-7-20(13-24(23)35-3)14-25-27(33)31(28(34)37-25)15-19-5-8-21(29)9-6-19/h4-14H,15-16H2,1-3H3,(H,30,32)/b25-14-. The van der Waals surface area contributed by atoms with Crippen molar-refractivity contribution in [3.8, 4) is 11.5 Å². The summed E-state index contributed by atoms with van der Waals surface area (Å²) in [6.07, 6.45) is 1.64. The molecule has 1 N–H and O–H groups in total.